The number of nitriles is 1. The van der Waals surface area contributed by atoms with E-state index in [1.807, 2.05) is 37.2 Å². The lowest BCUT2D eigenvalue weighted by molar-refractivity contribution is 0.0949. The molecule has 0 bridgehead atoms. The average molecular weight is 521 g/mol. The highest BCUT2D eigenvalue weighted by molar-refractivity contribution is 7.18. The zero-order valence-electron chi connectivity index (χ0n) is 19.9. The number of amides is 1. The molecule has 36 heavy (non-hydrogen) atoms. The van der Waals surface area contributed by atoms with Gasteiger partial charge in [0.15, 0.2) is 0 Å². The molecule has 7 nitrogen and oxygen atoms in total. The number of carbonyl (C=O) groups excluding carboxylic acids is 1. The maximum absolute atomic E-state index is 13.1. The first-order valence-corrected chi connectivity index (χ1v) is 12.5. The number of hydrogen-bond donors (Lipinski definition) is 2. The van der Waals surface area contributed by atoms with Crippen LogP contribution in [-0.2, 0) is 20.1 Å². The first-order chi connectivity index (χ1) is 17.2. The van der Waals surface area contributed by atoms with E-state index >= 15 is 0 Å². The molecule has 4 rings (SSSR count). The number of halogens is 1. The van der Waals surface area contributed by atoms with Crippen LogP contribution in [0.4, 0.5) is 0 Å². The van der Waals surface area contributed by atoms with E-state index in [0.717, 1.165) is 20.8 Å². The number of likely N-dealkylation sites (N-methyl/N-ethyl adjacent to an activating group) is 1. The van der Waals surface area contributed by atoms with E-state index in [4.69, 9.17) is 16.9 Å². The van der Waals surface area contributed by atoms with Crippen molar-refractivity contribution in [2.24, 2.45) is 7.05 Å². The van der Waals surface area contributed by atoms with Gasteiger partial charge >= 0.3 is 0 Å². The van der Waals surface area contributed by atoms with Crippen LogP contribution in [0.25, 0.3) is 10.2 Å². The minimum absolute atomic E-state index is 0.0907. The molecule has 0 saturated heterocycles. The Morgan fingerprint density at radius 3 is 2.58 bits per heavy atom. The summed E-state index contributed by atoms with van der Waals surface area (Å²) in [6.45, 7) is 1.21. The predicted molar refractivity (Wildman–Crippen MR) is 142 cm³/mol. The van der Waals surface area contributed by atoms with Crippen LogP contribution >= 0.6 is 22.9 Å². The Balaban J connectivity index is 1.46. The standard InChI is InChI=1S/C27H25ClN4O3S/c1-31(16-24(33)19-7-3-17(12-29)4-8-19)14-21-11-22-25(34)23(15-32(2)27(22)36-21)26(35)30-13-18-5-9-20(28)10-6-18/h3-11,15,24,33H,13-14,16H2,1-2H3,(H,30,35)/t24-/m1/s1. The summed E-state index contributed by atoms with van der Waals surface area (Å²) < 4.78 is 1.80. The molecule has 4 aromatic rings. The summed E-state index contributed by atoms with van der Waals surface area (Å²) in [5, 5.41) is 23.4. The van der Waals surface area contributed by atoms with Crippen LogP contribution in [0.15, 0.2) is 65.6 Å². The van der Waals surface area contributed by atoms with Crippen LogP contribution in [0, 0.1) is 11.3 Å². The molecule has 0 aliphatic rings. The Kier molecular flexibility index (Phi) is 7.87. The molecule has 0 aliphatic heterocycles. The molecule has 2 N–H and O–H groups in total. The molecule has 9 heteroatoms. The number of aliphatic hydroxyl groups is 1. The van der Waals surface area contributed by atoms with Gasteiger partial charge in [0.1, 0.15) is 10.4 Å². The minimum atomic E-state index is -0.709. The topological polar surface area (TPSA) is 98.4 Å². The van der Waals surface area contributed by atoms with Gasteiger partial charge < -0.3 is 15.0 Å². The second-order valence-corrected chi connectivity index (χ2v) is 10.2. The van der Waals surface area contributed by atoms with Crippen molar-refractivity contribution in [2.45, 2.75) is 19.2 Å². The normalized spacial score (nSPS) is 12.0. The van der Waals surface area contributed by atoms with Gasteiger partial charge in [0.25, 0.3) is 5.91 Å². The van der Waals surface area contributed by atoms with E-state index < -0.39 is 12.0 Å². The quantitative estimate of drug-likeness (QED) is 0.362. The summed E-state index contributed by atoms with van der Waals surface area (Å²) in [5.74, 6) is -0.428. The lowest BCUT2D eigenvalue weighted by atomic mass is 10.1. The fourth-order valence-electron chi connectivity index (χ4n) is 3.94. The van der Waals surface area contributed by atoms with Gasteiger partial charge in [0.05, 0.1) is 23.1 Å². The number of aromatic nitrogens is 1. The highest BCUT2D eigenvalue weighted by atomic mass is 35.5. The molecule has 1 atom stereocenters. The Morgan fingerprint density at radius 1 is 1.22 bits per heavy atom. The first kappa shape index (κ1) is 25.6. The predicted octanol–water partition coefficient (Wildman–Crippen LogP) is 4.22. The third kappa shape index (κ3) is 5.83. The number of aryl methyl sites for hydroxylation is 1. The number of nitrogens with one attached hydrogen (secondary N) is 1. The smallest absolute Gasteiger partial charge is 0.257 e. The number of benzene rings is 2. The monoisotopic (exact) mass is 520 g/mol. The molecule has 2 aromatic carbocycles. The molecule has 0 aliphatic carbocycles. The van der Waals surface area contributed by atoms with Gasteiger partial charge in [-0.2, -0.15) is 5.26 Å². The zero-order chi connectivity index (χ0) is 25.8. The second-order valence-electron chi connectivity index (χ2n) is 8.67. The number of carbonyl (C=O) groups is 1. The SMILES string of the molecule is CN(Cc1cc2c(=O)c(C(=O)NCc3ccc(Cl)cc3)cn(C)c2s1)C[C@@H](O)c1ccc(C#N)cc1. The van der Waals surface area contributed by atoms with Crippen molar-refractivity contribution in [1.29, 1.82) is 5.26 Å². The van der Waals surface area contributed by atoms with Crippen LogP contribution in [0.2, 0.25) is 5.02 Å². The summed E-state index contributed by atoms with van der Waals surface area (Å²) >= 11 is 7.39. The molecular weight excluding hydrogens is 496 g/mol. The summed E-state index contributed by atoms with van der Waals surface area (Å²) in [7, 11) is 3.71. The van der Waals surface area contributed by atoms with Crippen molar-refractivity contribution >= 4 is 39.1 Å². The number of fused-ring (bicyclic) bond motifs is 1. The van der Waals surface area contributed by atoms with Crippen LogP contribution < -0.4 is 10.7 Å². The van der Waals surface area contributed by atoms with Crippen LogP contribution in [0.3, 0.4) is 0 Å². The van der Waals surface area contributed by atoms with Crippen LogP contribution in [0.1, 0.15) is 38.0 Å². The van der Waals surface area contributed by atoms with Gasteiger partial charge in [-0.15, -0.1) is 11.3 Å². The maximum Gasteiger partial charge on any atom is 0.257 e. The number of aliphatic hydroxyl groups excluding tert-OH is 1. The van der Waals surface area contributed by atoms with Crippen molar-refractivity contribution in [3.63, 3.8) is 0 Å². The molecule has 0 radical (unpaired) electrons. The van der Waals surface area contributed by atoms with Gasteiger partial charge in [-0.1, -0.05) is 35.9 Å². The molecule has 184 valence electrons. The number of pyridine rings is 1. The fraction of sp³-hybridized carbons (Fsp3) is 0.222. The van der Waals surface area contributed by atoms with E-state index in [1.54, 1.807) is 47.2 Å². The molecule has 0 unspecified atom stereocenters. The lowest BCUT2D eigenvalue weighted by Crippen LogP contribution is -2.29. The van der Waals surface area contributed by atoms with Gasteiger partial charge in [-0.25, -0.2) is 0 Å². The van der Waals surface area contributed by atoms with Crippen LogP contribution in [0.5, 0.6) is 0 Å². The molecule has 0 fully saturated rings. The van der Waals surface area contributed by atoms with E-state index in [1.165, 1.54) is 11.3 Å². The maximum atomic E-state index is 13.1. The summed E-state index contributed by atoms with van der Waals surface area (Å²) in [6.07, 6.45) is 0.861. The first-order valence-electron chi connectivity index (χ1n) is 11.3. The van der Waals surface area contributed by atoms with Gasteiger partial charge in [-0.05, 0) is 48.5 Å². The van der Waals surface area contributed by atoms with Crippen molar-refractivity contribution in [2.75, 3.05) is 13.6 Å². The molecule has 0 saturated carbocycles. The molecular formula is C27H25ClN4O3S. The van der Waals surface area contributed by atoms with Gasteiger partial charge in [-0.3, -0.25) is 14.5 Å². The van der Waals surface area contributed by atoms with Crippen molar-refractivity contribution < 1.29 is 9.90 Å². The Hall–Kier alpha value is -3.48. The third-order valence-corrected chi connectivity index (χ3v) is 7.30. The summed E-state index contributed by atoms with van der Waals surface area (Å²) in [6, 6.07) is 17.9. The molecule has 1 amide bonds. The van der Waals surface area contributed by atoms with Gasteiger partial charge in [0, 0.05) is 42.8 Å². The zero-order valence-corrected chi connectivity index (χ0v) is 21.4. The van der Waals surface area contributed by atoms with Crippen molar-refractivity contribution in [3.05, 3.63) is 103 Å². The summed E-state index contributed by atoms with van der Waals surface area (Å²) in [5.41, 5.74) is 1.95. The highest BCUT2D eigenvalue weighted by Gasteiger charge is 2.18. The number of nitrogens with zero attached hydrogens (tertiary/aromatic N) is 3. The third-order valence-electron chi connectivity index (χ3n) is 5.84. The molecule has 2 aromatic heterocycles. The van der Waals surface area contributed by atoms with E-state index in [2.05, 4.69) is 11.4 Å². The lowest BCUT2D eigenvalue weighted by Gasteiger charge is -2.20. The van der Waals surface area contributed by atoms with Crippen molar-refractivity contribution in [1.82, 2.24) is 14.8 Å². The molecule has 0 spiro atoms. The minimum Gasteiger partial charge on any atom is -0.387 e. The highest BCUT2D eigenvalue weighted by Crippen LogP contribution is 2.25. The summed E-state index contributed by atoms with van der Waals surface area (Å²) in [4.78, 5) is 29.6. The van der Waals surface area contributed by atoms with Gasteiger partial charge in [0.2, 0.25) is 5.43 Å². The fourth-order valence-corrected chi connectivity index (χ4v) is 5.24. The Labute approximate surface area is 217 Å². The second kappa shape index (κ2) is 11.1. The Morgan fingerprint density at radius 2 is 1.92 bits per heavy atom. The number of hydrogen-bond acceptors (Lipinski definition) is 6. The van der Waals surface area contributed by atoms with Crippen molar-refractivity contribution in [3.8, 4) is 6.07 Å². The van der Waals surface area contributed by atoms with E-state index in [-0.39, 0.29) is 11.0 Å². The van der Waals surface area contributed by atoms with E-state index in [9.17, 15) is 14.7 Å². The number of rotatable bonds is 8. The average Bonchev–Trinajstić information content (AvgIpc) is 3.30. The van der Waals surface area contributed by atoms with Crippen LogP contribution in [-0.4, -0.2) is 34.1 Å². The van der Waals surface area contributed by atoms with E-state index in [0.29, 0.717) is 35.6 Å². The Bertz CT molecular complexity index is 1490. The largest absolute Gasteiger partial charge is 0.387 e. The number of thiophene rings is 1. The molecule has 2 heterocycles.